The van der Waals surface area contributed by atoms with Crippen LogP contribution in [0.4, 0.5) is 0 Å². The Morgan fingerprint density at radius 3 is 1.05 bits per heavy atom. The lowest BCUT2D eigenvalue weighted by Gasteiger charge is -2.22. The zero-order valence-electron chi connectivity index (χ0n) is 38.9. The molecular formula is C53H103NO3. The Hall–Kier alpha value is -1.13. The number of allylic oxidation sites excluding steroid dienone is 4. The molecule has 0 radical (unpaired) electrons. The van der Waals surface area contributed by atoms with Gasteiger partial charge in [0.25, 0.3) is 0 Å². The van der Waals surface area contributed by atoms with Crippen LogP contribution in [-0.2, 0) is 4.79 Å². The SMILES string of the molecule is CCCCCCC/C=C\C/C=C\CCCCCCCCCCCCCCCC(=O)NC(CO)C(O)CCCCCCCCCCCCCCCCCCCCCC. The van der Waals surface area contributed by atoms with Gasteiger partial charge in [-0.1, -0.05) is 263 Å². The monoisotopic (exact) mass is 802 g/mol. The molecule has 0 rings (SSSR count). The summed E-state index contributed by atoms with van der Waals surface area (Å²) in [7, 11) is 0. The summed E-state index contributed by atoms with van der Waals surface area (Å²) in [5, 5.41) is 23.3. The van der Waals surface area contributed by atoms with E-state index in [9.17, 15) is 15.0 Å². The van der Waals surface area contributed by atoms with Crippen molar-refractivity contribution in [2.75, 3.05) is 6.61 Å². The van der Waals surface area contributed by atoms with Gasteiger partial charge in [-0.3, -0.25) is 4.79 Å². The molecule has 0 bridgehead atoms. The van der Waals surface area contributed by atoms with Crippen LogP contribution in [0.25, 0.3) is 0 Å². The molecule has 3 N–H and O–H groups in total. The number of hydrogen-bond donors (Lipinski definition) is 3. The van der Waals surface area contributed by atoms with E-state index in [-0.39, 0.29) is 12.5 Å². The molecule has 0 spiro atoms. The van der Waals surface area contributed by atoms with Gasteiger partial charge in [-0.15, -0.1) is 0 Å². The molecule has 0 aromatic heterocycles. The highest BCUT2D eigenvalue weighted by molar-refractivity contribution is 5.76. The predicted octanol–water partition coefficient (Wildman–Crippen LogP) is 16.8. The summed E-state index contributed by atoms with van der Waals surface area (Å²) in [6.45, 7) is 4.38. The van der Waals surface area contributed by atoms with Gasteiger partial charge >= 0.3 is 0 Å². The molecule has 0 saturated carbocycles. The first-order chi connectivity index (χ1) is 28.2. The lowest BCUT2D eigenvalue weighted by molar-refractivity contribution is -0.123. The number of rotatable bonds is 48. The van der Waals surface area contributed by atoms with E-state index in [4.69, 9.17) is 0 Å². The lowest BCUT2D eigenvalue weighted by Crippen LogP contribution is -2.45. The van der Waals surface area contributed by atoms with Crippen molar-refractivity contribution in [2.24, 2.45) is 0 Å². The molecule has 0 aromatic carbocycles. The maximum atomic E-state index is 12.5. The van der Waals surface area contributed by atoms with E-state index in [2.05, 4.69) is 43.5 Å². The third-order valence-corrected chi connectivity index (χ3v) is 12.2. The summed E-state index contributed by atoms with van der Waals surface area (Å²) in [5.74, 6) is -0.0282. The smallest absolute Gasteiger partial charge is 0.220 e. The highest BCUT2D eigenvalue weighted by Gasteiger charge is 2.20. The average molecular weight is 802 g/mol. The van der Waals surface area contributed by atoms with Crippen molar-refractivity contribution in [3.05, 3.63) is 24.3 Å². The van der Waals surface area contributed by atoms with Gasteiger partial charge in [0.05, 0.1) is 18.8 Å². The quantitative estimate of drug-likeness (QED) is 0.0424. The number of hydrogen-bond acceptors (Lipinski definition) is 3. The highest BCUT2D eigenvalue weighted by Crippen LogP contribution is 2.17. The van der Waals surface area contributed by atoms with Crippen LogP contribution in [0, 0.1) is 0 Å². The van der Waals surface area contributed by atoms with Gasteiger partial charge < -0.3 is 15.5 Å². The summed E-state index contributed by atoms with van der Waals surface area (Å²) in [5.41, 5.74) is 0. The van der Waals surface area contributed by atoms with Gasteiger partial charge in [0.15, 0.2) is 0 Å². The maximum Gasteiger partial charge on any atom is 0.220 e. The van der Waals surface area contributed by atoms with Gasteiger partial charge in [-0.25, -0.2) is 0 Å². The number of unbranched alkanes of at least 4 members (excludes halogenated alkanes) is 37. The van der Waals surface area contributed by atoms with Crippen LogP contribution in [0.2, 0.25) is 0 Å². The number of aliphatic hydroxyl groups is 2. The summed E-state index contributed by atoms with van der Waals surface area (Å²) >= 11 is 0. The molecule has 0 aliphatic heterocycles. The van der Waals surface area contributed by atoms with Crippen molar-refractivity contribution in [2.45, 2.75) is 302 Å². The molecule has 57 heavy (non-hydrogen) atoms. The van der Waals surface area contributed by atoms with Crippen molar-refractivity contribution in [1.29, 1.82) is 0 Å². The van der Waals surface area contributed by atoms with E-state index in [1.165, 1.54) is 231 Å². The first kappa shape index (κ1) is 55.9. The molecule has 2 atom stereocenters. The fourth-order valence-electron chi connectivity index (χ4n) is 8.22. The molecule has 0 aliphatic carbocycles. The summed E-state index contributed by atoms with van der Waals surface area (Å²) < 4.78 is 0. The van der Waals surface area contributed by atoms with E-state index in [1.54, 1.807) is 0 Å². The largest absolute Gasteiger partial charge is 0.394 e. The number of amides is 1. The molecule has 1 amide bonds. The topological polar surface area (TPSA) is 69.6 Å². The third kappa shape index (κ3) is 45.8. The van der Waals surface area contributed by atoms with Crippen LogP contribution in [0.15, 0.2) is 24.3 Å². The second-order valence-corrected chi connectivity index (χ2v) is 17.9. The molecular weight excluding hydrogens is 699 g/mol. The zero-order valence-corrected chi connectivity index (χ0v) is 38.9. The Morgan fingerprint density at radius 2 is 0.719 bits per heavy atom. The second-order valence-electron chi connectivity index (χ2n) is 17.9. The van der Waals surface area contributed by atoms with Crippen LogP contribution in [-0.4, -0.2) is 34.9 Å². The fraction of sp³-hybridized carbons (Fsp3) is 0.906. The molecule has 0 aromatic rings. The normalized spacial score (nSPS) is 13.0. The van der Waals surface area contributed by atoms with E-state index in [1.807, 2.05) is 0 Å². The maximum absolute atomic E-state index is 12.5. The van der Waals surface area contributed by atoms with Crippen LogP contribution in [0.1, 0.15) is 290 Å². The van der Waals surface area contributed by atoms with Gasteiger partial charge in [0, 0.05) is 6.42 Å². The van der Waals surface area contributed by atoms with Gasteiger partial charge in [0.2, 0.25) is 5.91 Å². The number of carbonyl (C=O) groups is 1. The Labute approximate surface area is 358 Å². The molecule has 2 unspecified atom stereocenters. The minimum Gasteiger partial charge on any atom is -0.394 e. The molecule has 4 heteroatoms. The summed E-state index contributed by atoms with van der Waals surface area (Å²) in [6, 6.07) is -0.535. The van der Waals surface area contributed by atoms with Gasteiger partial charge in [0.1, 0.15) is 0 Å². The van der Waals surface area contributed by atoms with Crippen LogP contribution in [0.3, 0.4) is 0 Å². The van der Waals surface area contributed by atoms with E-state index in [0.29, 0.717) is 12.8 Å². The third-order valence-electron chi connectivity index (χ3n) is 12.2. The van der Waals surface area contributed by atoms with Gasteiger partial charge in [-0.05, 0) is 44.9 Å². The highest BCUT2D eigenvalue weighted by atomic mass is 16.3. The molecule has 0 heterocycles. The van der Waals surface area contributed by atoms with Crippen LogP contribution in [0.5, 0.6) is 0 Å². The van der Waals surface area contributed by atoms with Crippen molar-refractivity contribution in [1.82, 2.24) is 5.32 Å². The Balaban J connectivity index is 3.46. The lowest BCUT2D eigenvalue weighted by atomic mass is 10.0. The van der Waals surface area contributed by atoms with Crippen LogP contribution >= 0.6 is 0 Å². The van der Waals surface area contributed by atoms with Crippen molar-refractivity contribution in [3.8, 4) is 0 Å². The first-order valence-corrected chi connectivity index (χ1v) is 26.0. The molecule has 0 saturated heterocycles. The summed E-state index contributed by atoms with van der Waals surface area (Å²) in [6.07, 6.45) is 64.3. The van der Waals surface area contributed by atoms with Crippen molar-refractivity contribution < 1.29 is 15.0 Å². The Kier molecular flexibility index (Phi) is 48.3. The van der Waals surface area contributed by atoms with E-state index in [0.717, 1.165) is 32.1 Å². The number of nitrogens with one attached hydrogen (secondary N) is 1. The Morgan fingerprint density at radius 1 is 0.421 bits per heavy atom. The van der Waals surface area contributed by atoms with E-state index < -0.39 is 12.1 Å². The summed E-state index contributed by atoms with van der Waals surface area (Å²) in [4.78, 5) is 12.5. The predicted molar refractivity (Wildman–Crippen MR) is 253 cm³/mol. The molecule has 4 nitrogen and oxygen atoms in total. The zero-order chi connectivity index (χ0) is 41.4. The molecule has 338 valence electrons. The van der Waals surface area contributed by atoms with Crippen LogP contribution < -0.4 is 5.32 Å². The molecule has 0 aliphatic rings. The standard InChI is InChI=1S/C53H103NO3/c1-3-5-7-9-11-13-15-17-19-21-23-25-26-27-28-29-31-33-35-37-39-41-43-45-47-49-53(57)54-51(50-55)52(56)48-46-44-42-40-38-36-34-32-30-24-22-20-18-16-14-12-10-8-6-4-2/h15,17,21,23,51-52,55-56H,3-14,16,18-20,22,24-50H2,1-2H3,(H,54,57)/b17-15-,23-21-. The first-order valence-electron chi connectivity index (χ1n) is 26.0. The second kappa shape index (κ2) is 49.2. The average Bonchev–Trinajstić information content (AvgIpc) is 3.22. The van der Waals surface area contributed by atoms with Crippen molar-refractivity contribution >= 4 is 5.91 Å². The number of carbonyl (C=O) groups excluding carboxylic acids is 1. The fourth-order valence-corrected chi connectivity index (χ4v) is 8.22. The van der Waals surface area contributed by atoms with E-state index >= 15 is 0 Å². The van der Waals surface area contributed by atoms with Gasteiger partial charge in [-0.2, -0.15) is 0 Å². The number of aliphatic hydroxyl groups excluding tert-OH is 2. The minimum absolute atomic E-state index is 0.0282. The minimum atomic E-state index is -0.658. The molecule has 0 fully saturated rings. The Bertz CT molecular complexity index is 825. The van der Waals surface area contributed by atoms with Crippen molar-refractivity contribution in [3.63, 3.8) is 0 Å².